The Labute approximate surface area is 116 Å². The lowest BCUT2D eigenvalue weighted by molar-refractivity contribution is 0.171. The number of aliphatic hydroxyl groups is 1. The summed E-state index contributed by atoms with van der Waals surface area (Å²) in [6, 6.07) is 5.98. The van der Waals surface area contributed by atoms with Crippen LogP contribution in [-0.4, -0.2) is 36.2 Å². The van der Waals surface area contributed by atoms with E-state index in [0.717, 1.165) is 23.4 Å². The van der Waals surface area contributed by atoms with Crippen molar-refractivity contribution in [1.29, 1.82) is 0 Å². The molecule has 106 valence electrons. The highest BCUT2D eigenvalue weighted by Gasteiger charge is 2.12. The number of aliphatic hydroxyl groups excluding tert-OH is 1. The molecule has 19 heavy (non-hydrogen) atoms. The first-order valence-electron chi connectivity index (χ1n) is 7.30. The third kappa shape index (κ3) is 4.22. The molecule has 0 radical (unpaired) electrons. The van der Waals surface area contributed by atoms with Gasteiger partial charge in [-0.3, -0.25) is 4.90 Å². The predicted octanol–water partition coefficient (Wildman–Crippen LogP) is 2.91. The van der Waals surface area contributed by atoms with E-state index in [1.165, 1.54) is 32.4 Å². The highest BCUT2D eigenvalue weighted by atomic mass is 16.5. The SMILES string of the molecule is Cc1ccc([C@@H](C)O)c(OCCN2CCCCC2)c1. The summed E-state index contributed by atoms with van der Waals surface area (Å²) >= 11 is 0. The molecule has 2 rings (SSSR count). The molecular formula is C16H25NO2. The van der Waals surface area contributed by atoms with Crippen molar-refractivity contribution in [2.45, 2.75) is 39.2 Å². The minimum atomic E-state index is -0.481. The molecule has 1 N–H and O–H groups in total. The molecule has 0 saturated carbocycles. The maximum atomic E-state index is 9.75. The quantitative estimate of drug-likeness (QED) is 0.886. The number of likely N-dealkylation sites (tertiary alicyclic amines) is 1. The van der Waals surface area contributed by atoms with Gasteiger partial charge in [-0.1, -0.05) is 18.6 Å². The Hall–Kier alpha value is -1.06. The zero-order chi connectivity index (χ0) is 13.7. The highest BCUT2D eigenvalue weighted by molar-refractivity contribution is 5.38. The number of piperidine rings is 1. The zero-order valence-electron chi connectivity index (χ0n) is 12.1. The second-order valence-electron chi connectivity index (χ2n) is 5.47. The topological polar surface area (TPSA) is 32.7 Å². The number of rotatable bonds is 5. The fourth-order valence-electron chi connectivity index (χ4n) is 2.58. The largest absolute Gasteiger partial charge is 0.492 e. The third-order valence-electron chi connectivity index (χ3n) is 3.73. The van der Waals surface area contributed by atoms with Crippen molar-refractivity contribution >= 4 is 0 Å². The van der Waals surface area contributed by atoms with Gasteiger partial charge >= 0.3 is 0 Å². The number of ether oxygens (including phenoxy) is 1. The van der Waals surface area contributed by atoms with Crippen LogP contribution in [0.4, 0.5) is 0 Å². The van der Waals surface area contributed by atoms with Crippen molar-refractivity contribution in [2.24, 2.45) is 0 Å². The van der Waals surface area contributed by atoms with Crippen LogP contribution in [0.15, 0.2) is 18.2 Å². The highest BCUT2D eigenvalue weighted by Crippen LogP contribution is 2.26. The van der Waals surface area contributed by atoms with Gasteiger partial charge in [0.1, 0.15) is 12.4 Å². The smallest absolute Gasteiger partial charge is 0.125 e. The van der Waals surface area contributed by atoms with Gasteiger partial charge in [-0.05, 0) is 51.4 Å². The van der Waals surface area contributed by atoms with E-state index in [2.05, 4.69) is 4.90 Å². The van der Waals surface area contributed by atoms with E-state index in [0.29, 0.717) is 6.61 Å². The summed E-state index contributed by atoms with van der Waals surface area (Å²) in [6.45, 7) is 7.89. The average Bonchev–Trinajstić information content (AvgIpc) is 2.39. The van der Waals surface area contributed by atoms with E-state index in [-0.39, 0.29) is 0 Å². The second-order valence-corrected chi connectivity index (χ2v) is 5.47. The summed E-state index contributed by atoms with van der Waals surface area (Å²) in [5.74, 6) is 0.826. The van der Waals surface area contributed by atoms with Gasteiger partial charge in [0, 0.05) is 12.1 Å². The van der Waals surface area contributed by atoms with Gasteiger partial charge in [0.15, 0.2) is 0 Å². The Morgan fingerprint density at radius 1 is 1.26 bits per heavy atom. The maximum Gasteiger partial charge on any atom is 0.125 e. The van der Waals surface area contributed by atoms with Gasteiger partial charge in [0.05, 0.1) is 6.10 Å². The molecule has 0 bridgehead atoms. The standard InChI is InChI=1S/C16H25NO2/c1-13-6-7-15(14(2)18)16(12-13)19-11-10-17-8-4-3-5-9-17/h6-7,12,14,18H,3-5,8-11H2,1-2H3/t14-/m1/s1. The molecule has 0 spiro atoms. The van der Waals surface area contributed by atoms with Crippen LogP contribution in [0.2, 0.25) is 0 Å². The predicted molar refractivity (Wildman–Crippen MR) is 77.6 cm³/mol. The van der Waals surface area contributed by atoms with Gasteiger partial charge in [0.2, 0.25) is 0 Å². The summed E-state index contributed by atoms with van der Waals surface area (Å²) in [5.41, 5.74) is 2.04. The average molecular weight is 263 g/mol. The van der Waals surface area contributed by atoms with Crippen LogP contribution in [0, 0.1) is 6.92 Å². The number of benzene rings is 1. The molecule has 1 fully saturated rings. The molecule has 1 heterocycles. The molecular weight excluding hydrogens is 238 g/mol. The van der Waals surface area contributed by atoms with Crippen LogP contribution in [0.1, 0.15) is 43.4 Å². The summed E-state index contributed by atoms with van der Waals surface area (Å²) in [5, 5.41) is 9.75. The number of aryl methyl sites for hydroxylation is 1. The lowest BCUT2D eigenvalue weighted by Crippen LogP contribution is -2.33. The minimum absolute atomic E-state index is 0.481. The van der Waals surface area contributed by atoms with Crippen LogP contribution in [0.3, 0.4) is 0 Å². The second kappa shape index (κ2) is 6.92. The van der Waals surface area contributed by atoms with Crippen molar-refractivity contribution in [3.8, 4) is 5.75 Å². The lowest BCUT2D eigenvalue weighted by atomic mass is 10.1. The fraction of sp³-hybridized carbons (Fsp3) is 0.625. The van der Waals surface area contributed by atoms with Crippen molar-refractivity contribution in [3.05, 3.63) is 29.3 Å². The van der Waals surface area contributed by atoms with Gasteiger partial charge in [-0.25, -0.2) is 0 Å². The molecule has 1 aliphatic heterocycles. The number of hydrogen-bond acceptors (Lipinski definition) is 3. The lowest BCUT2D eigenvalue weighted by Gasteiger charge is -2.26. The van der Waals surface area contributed by atoms with Crippen molar-refractivity contribution < 1.29 is 9.84 Å². The Morgan fingerprint density at radius 2 is 2.00 bits per heavy atom. The van der Waals surface area contributed by atoms with Gasteiger partial charge in [-0.15, -0.1) is 0 Å². The van der Waals surface area contributed by atoms with Crippen LogP contribution in [0.25, 0.3) is 0 Å². The van der Waals surface area contributed by atoms with Gasteiger partial charge in [-0.2, -0.15) is 0 Å². The Balaban J connectivity index is 1.89. The Bertz CT molecular complexity index is 398. The van der Waals surface area contributed by atoms with E-state index in [1.54, 1.807) is 6.92 Å². The zero-order valence-corrected chi connectivity index (χ0v) is 12.1. The molecule has 1 aromatic carbocycles. The van der Waals surface area contributed by atoms with E-state index < -0.39 is 6.10 Å². The van der Waals surface area contributed by atoms with Crippen LogP contribution < -0.4 is 4.74 Å². The summed E-state index contributed by atoms with van der Waals surface area (Å²) < 4.78 is 5.88. The van der Waals surface area contributed by atoms with E-state index >= 15 is 0 Å². The molecule has 3 nitrogen and oxygen atoms in total. The van der Waals surface area contributed by atoms with E-state index in [4.69, 9.17) is 4.74 Å². The summed E-state index contributed by atoms with van der Waals surface area (Å²) in [6.07, 6.45) is 3.50. The summed E-state index contributed by atoms with van der Waals surface area (Å²) in [7, 11) is 0. The minimum Gasteiger partial charge on any atom is -0.492 e. The van der Waals surface area contributed by atoms with Crippen LogP contribution in [0.5, 0.6) is 5.75 Å². The van der Waals surface area contributed by atoms with Crippen molar-refractivity contribution in [3.63, 3.8) is 0 Å². The molecule has 3 heteroatoms. The van der Waals surface area contributed by atoms with Gasteiger partial charge in [0.25, 0.3) is 0 Å². The van der Waals surface area contributed by atoms with Crippen molar-refractivity contribution in [2.75, 3.05) is 26.2 Å². The fourth-order valence-corrected chi connectivity index (χ4v) is 2.58. The maximum absolute atomic E-state index is 9.75. The van der Waals surface area contributed by atoms with Gasteiger partial charge < -0.3 is 9.84 Å². The molecule has 0 amide bonds. The van der Waals surface area contributed by atoms with Crippen LogP contribution in [-0.2, 0) is 0 Å². The molecule has 1 aromatic rings. The summed E-state index contributed by atoms with van der Waals surface area (Å²) in [4.78, 5) is 2.46. The normalized spacial score (nSPS) is 18.3. The molecule has 1 atom stereocenters. The number of hydrogen-bond donors (Lipinski definition) is 1. The van der Waals surface area contributed by atoms with Crippen molar-refractivity contribution in [1.82, 2.24) is 4.90 Å². The van der Waals surface area contributed by atoms with E-state index in [9.17, 15) is 5.11 Å². The Morgan fingerprint density at radius 3 is 2.68 bits per heavy atom. The molecule has 0 aliphatic carbocycles. The third-order valence-corrected chi connectivity index (χ3v) is 3.73. The molecule has 0 aromatic heterocycles. The first-order chi connectivity index (χ1) is 9.16. The monoisotopic (exact) mass is 263 g/mol. The molecule has 0 unspecified atom stereocenters. The molecule has 1 saturated heterocycles. The first-order valence-corrected chi connectivity index (χ1v) is 7.30. The number of nitrogens with zero attached hydrogens (tertiary/aromatic N) is 1. The Kier molecular flexibility index (Phi) is 5.23. The molecule has 1 aliphatic rings. The first kappa shape index (κ1) is 14.4. The van der Waals surface area contributed by atoms with E-state index in [1.807, 2.05) is 25.1 Å². The van der Waals surface area contributed by atoms with Crippen LogP contribution >= 0.6 is 0 Å².